The van der Waals surface area contributed by atoms with Gasteiger partial charge >= 0.3 is 0 Å². The van der Waals surface area contributed by atoms with E-state index >= 15 is 0 Å². The number of amides is 2. The van der Waals surface area contributed by atoms with Crippen LogP contribution in [0.15, 0.2) is 10.9 Å². The van der Waals surface area contributed by atoms with Gasteiger partial charge in [-0.1, -0.05) is 6.42 Å². The number of likely N-dealkylation sites (tertiary alicyclic amines) is 2. The summed E-state index contributed by atoms with van der Waals surface area (Å²) in [4.78, 5) is 47.2. The van der Waals surface area contributed by atoms with Crippen molar-refractivity contribution in [3.8, 4) is 0 Å². The number of carbonyl (C=O) groups is 2. The van der Waals surface area contributed by atoms with Crippen molar-refractivity contribution in [2.75, 3.05) is 19.6 Å². The standard InChI is InChI=1S/C24H33N5O3/c1-16-18(10-11-22(30)27-12-3-2-4-13-27)24(32)29-21(25-16)15-19(26-29)20-9-6-14-28(20)23(31)17-7-5-8-17/h15,17,20,26H,2-14H2,1H3. The highest BCUT2D eigenvalue weighted by molar-refractivity contribution is 5.80. The van der Waals surface area contributed by atoms with E-state index in [0.717, 1.165) is 70.3 Å². The number of aryl methyl sites for hydroxylation is 1. The van der Waals surface area contributed by atoms with Crippen molar-refractivity contribution in [3.63, 3.8) is 0 Å². The molecule has 1 atom stereocenters. The summed E-state index contributed by atoms with van der Waals surface area (Å²) in [5, 5.41) is 3.24. The number of carbonyl (C=O) groups excluding carboxylic acids is 2. The fraction of sp³-hybridized carbons (Fsp3) is 0.667. The molecule has 1 N–H and O–H groups in total. The topological polar surface area (TPSA) is 90.8 Å². The van der Waals surface area contributed by atoms with Crippen LogP contribution in [0.5, 0.6) is 0 Å². The Morgan fingerprint density at radius 2 is 1.84 bits per heavy atom. The van der Waals surface area contributed by atoms with Crippen LogP contribution >= 0.6 is 0 Å². The summed E-state index contributed by atoms with van der Waals surface area (Å²) in [7, 11) is 0. The van der Waals surface area contributed by atoms with Gasteiger partial charge in [0, 0.05) is 49.3 Å². The van der Waals surface area contributed by atoms with E-state index in [1.165, 1.54) is 10.9 Å². The van der Waals surface area contributed by atoms with Gasteiger partial charge in [-0.05, 0) is 58.3 Å². The summed E-state index contributed by atoms with van der Waals surface area (Å²) in [6.07, 6.45) is 9.06. The Labute approximate surface area is 188 Å². The molecule has 8 nitrogen and oxygen atoms in total. The van der Waals surface area contributed by atoms with Crippen molar-refractivity contribution in [2.24, 2.45) is 5.92 Å². The first-order chi connectivity index (χ1) is 15.5. The van der Waals surface area contributed by atoms with E-state index in [1.807, 2.05) is 22.8 Å². The van der Waals surface area contributed by atoms with E-state index in [0.29, 0.717) is 29.7 Å². The van der Waals surface area contributed by atoms with Crippen LogP contribution in [0, 0.1) is 12.8 Å². The minimum Gasteiger partial charge on any atom is -0.343 e. The normalized spacial score (nSPS) is 21.8. The average Bonchev–Trinajstić information content (AvgIpc) is 3.39. The first-order valence-corrected chi connectivity index (χ1v) is 12.2. The Balaban J connectivity index is 1.36. The summed E-state index contributed by atoms with van der Waals surface area (Å²) in [6, 6.07) is 1.89. The lowest BCUT2D eigenvalue weighted by atomic mass is 9.84. The van der Waals surface area contributed by atoms with Gasteiger partial charge in [-0.3, -0.25) is 19.5 Å². The van der Waals surface area contributed by atoms with E-state index in [4.69, 9.17) is 0 Å². The molecule has 32 heavy (non-hydrogen) atoms. The Morgan fingerprint density at radius 3 is 2.56 bits per heavy atom. The molecule has 0 spiro atoms. The van der Waals surface area contributed by atoms with Gasteiger partial charge in [0.15, 0.2) is 5.65 Å². The number of nitrogens with one attached hydrogen (secondary N) is 1. The van der Waals surface area contributed by atoms with Gasteiger partial charge in [0.1, 0.15) is 0 Å². The maximum absolute atomic E-state index is 13.2. The van der Waals surface area contributed by atoms with Gasteiger partial charge in [0.2, 0.25) is 11.8 Å². The molecule has 3 aliphatic rings. The highest BCUT2D eigenvalue weighted by atomic mass is 16.2. The van der Waals surface area contributed by atoms with Crippen LogP contribution in [-0.2, 0) is 16.0 Å². The van der Waals surface area contributed by atoms with Gasteiger partial charge in [0.05, 0.1) is 11.7 Å². The molecule has 3 fully saturated rings. The second kappa shape index (κ2) is 8.71. The van der Waals surface area contributed by atoms with Gasteiger partial charge in [-0.15, -0.1) is 0 Å². The highest BCUT2D eigenvalue weighted by Crippen LogP contribution is 2.36. The molecule has 2 saturated heterocycles. The van der Waals surface area contributed by atoms with E-state index in [9.17, 15) is 14.4 Å². The average molecular weight is 440 g/mol. The zero-order chi connectivity index (χ0) is 22.2. The van der Waals surface area contributed by atoms with Gasteiger partial charge in [0.25, 0.3) is 5.56 Å². The quantitative estimate of drug-likeness (QED) is 0.776. The molecule has 2 aromatic rings. The van der Waals surface area contributed by atoms with Crippen molar-refractivity contribution in [3.05, 3.63) is 33.4 Å². The van der Waals surface area contributed by atoms with E-state index in [2.05, 4.69) is 10.1 Å². The monoisotopic (exact) mass is 439 g/mol. The smallest absolute Gasteiger partial charge is 0.276 e. The third kappa shape index (κ3) is 3.84. The molecule has 1 aliphatic carbocycles. The number of fused-ring (bicyclic) bond motifs is 1. The molecule has 1 unspecified atom stereocenters. The molecule has 0 aromatic carbocycles. The summed E-state index contributed by atoms with van der Waals surface area (Å²) in [5.41, 5.74) is 2.59. The Morgan fingerprint density at radius 1 is 1.06 bits per heavy atom. The molecule has 2 aliphatic heterocycles. The van der Waals surface area contributed by atoms with Crippen LogP contribution < -0.4 is 5.56 Å². The van der Waals surface area contributed by atoms with Crippen molar-refractivity contribution in [1.82, 2.24) is 24.4 Å². The maximum atomic E-state index is 13.2. The zero-order valence-corrected chi connectivity index (χ0v) is 18.9. The predicted octanol–water partition coefficient (Wildman–Crippen LogP) is 2.74. The number of hydrogen-bond acceptors (Lipinski definition) is 4. The molecule has 2 aromatic heterocycles. The van der Waals surface area contributed by atoms with Crippen LogP contribution in [-0.4, -0.2) is 55.8 Å². The minimum atomic E-state index is -0.139. The molecule has 5 rings (SSSR count). The number of hydrogen-bond donors (Lipinski definition) is 1. The van der Waals surface area contributed by atoms with Crippen molar-refractivity contribution in [1.29, 1.82) is 0 Å². The van der Waals surface area contributed by atoms with E-state index in [-0.39, 0.29) is 29.3 Å². The van der Waals surface area contributed by atoms with Gasteiger partial charge in [-0.25, -0.2) is 9.50 Å². The summed E-state index contributed by atoms with van der Waals surface area (Å²) in [6.45, 7) is 4.27. The Hall–Kier alpha value is -2.64. The van der Waals surface area contributed by atoms with Crippen LogP contribution in [0.1, 0.15) is 80.8 Å². The minimum absolute atomic E-state index is 0.0198. The van der Waals surface area contributed by atoms with Gasteiger partial charge in [-0.2, -0.15) is 0 Å². The SMILES string of the molecule is Cc1nc2cc(C3CCCN3C(=O)C3CCC3)[nH]n2c(=O)c1CCC(=O)N1CCCCC1. The lowest BCUT2D eigenvalue weighted by Gasteiger charge is -2.32. The number of H-pyrrole nitrogens is 1. The molecule has 172 valence electrons. The maximum Gasteiger partial charge on any atom is 0.276 e. The Bertz CT molecular complexity index is 1080. The molecule has 8 heteroatoms. The second-order valence-corrected chi connectivity index (χ2v) is 9.64. The zero-order valence-electron chi connectivity index (χ0n) is 18.9. The molecule has 0 radical (unpaired) electrons. The number of piperidine rings is 1. The van der Waals surface area contributed by atoms with Gasteiger partial charge < -0.3 is 9.80 Å². The first kappa shape index (κ1) is 21.2. The number of nitrogens with zero attached hydrogens (tertiary/aromatic N) is 4. The number of aromatic amines is 1. The second-order valence-electron chi connectivity index (χ2n) is 9.64. The summed E-state index contributed by atoms with van der Waals surface area (Å²) < 4.78 is 1.49. The van der Waals surface area contributed by atoms with Crippen LogP contribution in [0.3, 0.4) is 0 Å². The fourth-order valence-corrected chi connectivity index (χ4v) is 5.42. The van der Waals surface area contributed by atoms with Crippen LogP contribution in [0.2, 0.25) is 0 Å². The van der Waals surface area contributed by atoms with Crippen LogP contribution in [0.4, 0.5) is 0 Å². The fourth-order valence-electron chi connectivity index (χ4n) is 5.42. The lowest BCUT2D eigenvalue weighted by molar-refractivity contribution is -0.139. The third-order valence-corrected chi connectivity index (χ3v) is 7.58. The van der Waals surface area contributed by atoms with Crippen molar-refractivity contribution < 1.29 is 9.59 Å². The molecule has 1 saturated carbocycles. The highest BCUT2D eigenvalue weighted by Gasteiger charge is 2.37. The summed E-state index contributed by atoms with van der Waals surface area (Å²) >= 11 is 0. The van der Waals surface area contributed by atoms with Crippen LogP contribution in [0.25, 0.3) is 5.65 Å². The molecular formula is C24H33N5O3. The molecular weight excluding hydrogens is 406 g/mol. The van der Waals surface area contributed by atoms with Crippen molar-refractivity contribution in [2.45, 2.75) is 77.2 Å². The first-order valence-electron chi connectivity index (χ1n) is 12.2. The largest absolute Gasteiger partial charge is 0.343 e. The number of aromatic nitrogens is 3. The lowest BCUT2D eigenvalue weighted by Crippen LogP contribution is -2.38. The summed E-state index contributed by atoms with van der Waals surface area (Å²) in [5.74, 6) is 0.551. The number of rotatable bonds is 5. The van der Waals surface area contributed by atoms with Crippen molar-refractivity contribution >= 4 is 17.5 Å². The molecule has 0 bridgehead atoms. The molecule has 4 heterocycles. The molecule has 2 amide bonds. The third-order valence-electron chi connectivity index (χ3n) is 7.58. The van der Waals surface area contributed by atoms with E-state index in [1.54, 1.807) is 0 Å². The van der Waals surface area contributed by atoms with E-state index < -0.39 is 0 Å². The Kier molecular flexibility index (Phi) is 5.78. The predicted molar refractivity (Wildman–Crippen MR) is 120 cm³/mol.